The molecule has 2 bridgehead atoms. The number of amides is 2. The van der Waals surface area contributed by atoms with Gasteiger partial charge in [-0.25, -0.2) is 4.79 Å². The molecular formula is C16H18ClN3O4. The van der Waals surface area contributed by atoms with Crippen molar-refractivity contribution in [3.63, 3.8) is 0 Å². The van der Waals surface area contributed by atoms with E-state index in [2.05, 4.69) is 10.2 Å². The fraction of sp³-hybridized carbons (Fsp3) is 0.500. The maximum absolute atomic E-state index is 12.8. The van der Waals surface area contributed by atoms with E-state index in [0.29, 0.717) is 12.2 Å². The third kappa shape index (κ3) is 2.67. The summed E-state index contributed by atoms with van der Waals surface area (Å²) in [6, 6.07) is 2.70. The van der Waals surface area contributed by atoms with Crippen LogP contribution >= 0.6 is 11.6 Å². The lowest BCUT2D eigenvalue weighted by atomic mass is 9.83. The van der Waals surface area contributed by atoms with Gasteiger partial charge in [-0.15, -0.1) is 0 Å². The predicted octanol–water partition coefficient (Wildman–Crippen LogP) is 0.288. The van der Waals surface area contributed by atoms with Crippen molar-refractivity contribution in [3.8, 4) is 5.75 Å². The van der Waals surface area contributed by atoms with E-state index in [-0.39, 0.29) is 45.9 Å². The van der Waals surface area contributed by atoms with Crippen LogP contribution in [0, 0.1) is 11.1 Å². The van der Waals surface area contributed by atoms with E-state index >= 15 is 0 Å². The first kappa shape index (κ1) is 15.8. The minimum Gasteiger partial charge on any atom is -0.626 e. The van der Waals surface area contributed by atoms with Gasteiger partial charge in [0.15, 0.2) is 12.4 Å². The first-order valence-corrected chi connectivity index (χ1v) is 8.48. The van der Waals surface area contributed by atoms with Gasteiger partial charge < -0.3 is 20.3 Å². The lowest BCUT2D eigenvalue weighted by Crippen LogP contribution is -3.16. The van der Waals surface area contributed by atoms with Gasteiger partial charge in [-0.3, -0.25) is 9.69 Å². The topological polar surface area (TPSA) is 86.1 Å². The van der Waals surface area contributed by atoms with Gasteiger partial charge in [0, 0.05) is 10.9 Å². The summed E-state index contributed by atoms with van der Waals surface area (Å²) < 4.78 is 5.39. The summed E-state index contributed by atoms with van der Waals surface area (Å²) in [5, 5.41) is 15.3. The number of hydrogen-bond donors (Lipinski definition) is 2. The number of rotatable bonds is 2. The van der Waals surface area contributed by atoms with Crippen LogP contribution in [0.2, 0.25) is 5.02 Å². The smallest absolute Gasteiger partial charge is 0.348 e. The Morgan fingerprint density at radius 1 is 1.38 bits per heavy atom. The molecule has 4 aliphatic heterocycles. The lowest BCUT2D eigenvalue weighted by Gasteiger charge is -2.47. The Balaban J connectivity index is 1.63. The van der Waals surface area contributed by atoms with Crippen LogP contribution in [0.25, 0.3) is 0 Å². The Kier molecular flexibility index (Phi) is 3.96. The van der Waals surface area contributed by atoms with E-state index in [0.717, 1.165) is 25.9 Å². The van der Waals surface area contributed by atoms with Gasteiger partial charge in [0.05, 0.1) is 12.2 Å². The fourth-order valence-corrected chi connectivity index (χ4v) is 4.12. The summed E-state index contributed by atoms with van der Waals surface area (Å²) in [6.07, 6.45) is 1.92. The molecule has 3 saturated heterocycles. The summed E-state index contributed by atoms with van der Waals surface area (Å²) in [6.45, 7) is 2.48. The standard InChI is InChI=1S/C16H18ClN3O4/c17-10-5-11(15-12(6-10)18-14(21)8-24-15)16(22)20(23)13-7-19-3-1-9(13)2-4-19/h5-6,9,13,20H,1-4,7-8H2,(H,18,21). The number of anilines is 1. The lowest BCUT2D eigenvalue weighted by molar-refractivity contribution is -0.796. The number of quaternary nitrogens is 1. The van der Waals surface area contributed by atoms with E-state index in [9.17, 15) is 14.8 Å². The number of piperidine rings is 3. The number of carbonyl (C=O) groups is 2. The van der Waals surface area contributed by atoms with Crippen LogP contribution in [0.5, 0.6) is 5.75 Å². The van der Waals surface area contributed by atoms with Gasteiger partial charge in [0.2, 0.25) is 0 Å². The van der Waals surface area contributed by atoms with Crippen molar-refractivity contribution < 1.29 is 19.4 Å². The van der Waals surface area contributed by atoms with E-state index in [1.54, 1.807) is 0 Å². The van der Waals surface area contributed by atoms with Crippen LogP contribution in [-0.2, 0) is 4.79 Å². The summed E-state index contributed by atoms with van der Waals surface area (Å²) in [4.78, 5) is 26.5. The zero-order chi connectivity index (χ0) is 16.8. The maximum atomic E-state index is 12.8. The van der Waals surface area contributed by atoms with E-state index < -0.39 is 5.91 Å². The van der Waals surface area contributed by atoms with Crippen LogP contribution in [0.15, 0.2) is 12.1 Å². The molecule has 3 fully saturated rings. The molecule has 2 unspecified atom stereocenters. The Morgan fingerprint density at radius 3 is 2.79 bits per heavy atom. The van der Waals surface area contributed by atoms with Gasteiger partial charge in [-0.2, -0.15) is 0 Å². The molecular weight excluding hydrogens is 334 g/mol. The average molecular weight is 352 g/mol. The van der Waals surface area contributed by atoms with Crippen LogP contribution in [-0.4, -0.2) is 49.0 Å². The number of benzene rings is 1. The first-order valence-electron chi connectivity index (χ1n) is 8.10. The van der Waals surface area contributed by atoms with Crippen LogP contribution in [0.3, 0.4) is 0 Å². The van der Waals surface area contributed by atoms with Gasteiger partial charge in [-0.05, 0) is 38.1 Å². The van der Waals surface area contributed by atoms with Gasteiger partial charge in [0.1, 0.15) is 11.6 Å². The molecule has 0 aromatic heterocycles. The van der Waals surface area contributed by atoms with E-state index in [1.165, 1.54) is 12.1 Å². The minimum absolute atomic E-state index is 0.138. The molecule has 8 heteroatoms. The molecule has 0 spiro atoms. The zero-order valence-corrected chi connectivity index (χ0v) is 13.8. The largest absolute Gasteiger partial charge is 0.626 e. The molecule has 4 heterocycles. The number of ether oxygens (including phenoxy) is 1. The van der Waals surface area contributed by atoms with Crippen molar-refractivity contribution in [2.75, 3.05) is 31.6 Å². The summed E-state index contributed by atoms with van der Waals surface area (Å²) in [7, 11) is 0. The van der Waals surface area contributed by atoms with Gasteiger partial charge in [0.25, 0.3) is 5.91 Å². The molecule has 0 saturated carbocycles. The summed E-state index contributed by atoms with van der Waals surface area (Å²) in [5.41, 5.74) is 0.475. The number of hydroxylamine groups is 2. The average Bonchev–Trinajstić information content (AvgIpc) is 2.60. The van der Waals surface area contributed by atoms with Gasteiger partial charge in [-0.1, -0.05) is 11.6 Å². The molecule has 5 rings (SSSR count). The quantitative estimate of drug-likeness (QED) is 0.748. The molecule has 128 valence electrons. The molecule has 1 aromatic rings. The monoisotopic (exact) mass is 351 g/mol. The number of nitrogens with one attached hydrogen (secondary N) is 2. The molecule has 0 aliphatic carbocycles. The maximum Gasteiger partial charge on any atom is 0.348 e. The highest BCUT2D eigenvalue weighted by Crippen LogP contribution is 2.35. The molecule has 4 aliphatic rings. The van der Waals surface area contributed by atoms with Crippen molar-refractivity contribution in [3.05, 3.63) is 27.9 Å². The first-order chi connectivity index (χ1) is 11.5. The third-order valence-corrected chi connectivity index (χ3v) is 5.35. The highest BCUT2D eigenvalue weighted by Gasteiger charge is 2.41. The number of fused-ring (bicyclic) bond motifs is 4. The Bertz CT molecular complexity index is 703. The second-order valence-electron chi connectivity index (χ2n) is 6.60. The SMILES string of the molecule is O=C1COc2c(cc(Cl)cc2C(=O)[NH+]([O-])C2CN3CCC2CC3)N1. The Labute approximate surface area is 144 Å². The molecule has 2 N–H and O–H groups in total. The number of carbonyl (C=O) groups excluding carboxylic acids is 2. The minimum atomic E-state index is -0.580. The van der Waals surface area contributed by atoms with Crippen molar-refractivity contribution >= 4 is 29.1 Å². The number of hydrogen-bond acceptors (Lipinski definition) is 5. The third-order valence-electron chi connectivity index (χ3n) is 5.14. The van der Waals surface area contributed by atoms with Crippen molar-refractivity contribution in [2.45, 2.75) is 18.9 Å². The van der Waals surface area contributed by atoms with Crippen molar-refractivity contribution in [2.24, 2.45) is 5.92 Å². The Morgan fingerprint density at radius 2 is 2.12 bits per heavy atom. The van der Waals surface area contributed by atoms with Crippen molar-refractivity contribution in [1.82, 2.24) is 4.90 Å². The molecule has 0 radical (unpaired) electrons. The van der Waals surface area contributed by atoms with E-state index in [4.69, 9.17) is 16.3 Å². The highest BCUT2D eigenvalue weighted by molar-refractivity contribution is 6.31. The second kappa shape index (κ2) is 6.00. The fourth-order valence-electron chi connectivity index (χ4n) is 3.90. The number of nitrogens with zero attached hydrogens (tertiary/aromatic N) is 1. The normalized spacial score (nSPS) is 29.4. The number of halogens is 1. The molecule has 2 atom stereocenters. The molecule has 7 nitrogen and oxygen atoms in total. The second-order valence-corrected chi connectivity index (χ2v) is 7.04. The van der Waals surface area contributed by atoms with Crippen LogP contribution < -0.4 is 15.1 Å². The Hall–Kier alpha value is -1.67. The highest BCUT2D eigenvalue weighted by atomic mass is 35.5. The van der Waals surface area contributed by atoms with Crippen LogP contribution in [0.4, 0.5) is 5.69 Å². The molecule has 2 amide bonds. The van der Waals surface area contributed by atoms with E-state index in [1.807, 2.05) is 0 Å². The molecule has 1 aromatic carbocycles. The van der Waals surface area contributed by atoms with Crippen molar-refractivity contribution in [1.29, 1.82) is 0 Å². The van der Waals surface area contributed by atoms with Crippen LogP contribution in [0.1, 0.15) is 23.2 Å². The molecule has 24 heavy (non-hydrogen) atoms. The summed E-state index contributed by atoms with van der Waals surface area (Å²) >= 11 is 6.05. The van der Waals surface area contributed by atoms with Gasteiger partial charge >= 0.3 is 5.91 Å². The summed E-state index contributed by atoms with van der Waals surface area (Å²) in [5.74, 6) is -0.378. The predicted molar refractivity (Wildman–Crippen MR) is 87.2 cm³/mol. The zero-order valence-electron chi connectivity index (χ0n) is 13.0.